The molecule has 0 spiro atoms. The van der Waals surface area contributed by atoms with Crippen molar-refractivity contribution in [2.75, 3.05) is 4.72 Å². The van der Waals surface area contributed by atoms with Crippen molar-refractivity contribution in [2.24, 2.45) is 0 Å². The number of sulfonamides is 1. The molecule has 3 rings (SSSR count). The van der Waals surface area contributed by atoms with Gasteiger partial charge < -0.3 is 0 Å². The highest BCUT2D eigenvalue weighted by atomic mass is 32.2. The molecule has 0 aliphatic carbocycles. The Morgan fingerprint density at radius 1 is 1.10 bits per heavy atom. The van der Waals surface area contributed by atoms with Crippen LogP contribution >= 0.6 is 0 Å². The maximum absolute atomic E-state index is 14.0. The largest absolute Gasteiger partial charge is 0.276 e. The average molecular weight is 416 g/mol. The van der Waals surface area contributed by atoms with Crippen molar-refractivity contribution in [1.82, 2.24) is 9.78 Å². The van der Waals surface area contributed by atoms with Crippen molar-refractivity contribution in [2.45, 2.75) is 51.5 Å². The molecule has 0 aliphatic rings. The van der Waals surface area contributed by atoms with Crippen LogP contribution in [0, 0.1) is 19.7 Å². The van der Waals surface area contributed by atoms with Crippen LogP contribution in [0.25, 0.3) is 0 Å². The molecule has 2 aromatic carbocycles. The smallest absolute Gasteiger partial charge is 0.262 e. The van der Waals surface area contributed by atoms with Crippen molar-refractivity contribution >= 4 is 15.7 Å². The van der Waals surface area contributed by atoms with Gasteiger partial charge in [-0.05, 0) is 49.9 Å². The standard InChI is InChI=1S/C22H26FN3O2S/c1-5-15(2)18-10-12-20(13-11-18)29(27,28)25-22-16(3)24-26(17(22)4)14-19-8-6-7-9-21(19)23/h6-13,15,25H,5,14H2,1-4H3. The molecular formula is C22H26FN3O2S. The van der Waals surface area contributed by atoms with Gasteiger partial charge in [0.2, 0.25) is 0 Å². The van der Waals surface area contributed by atoms with E-state index in [1.165, 1.54) is 6.07 Å². The lowest BCUT2D eigenvalue weighted by Crippen LogP contribution is -2.14. The van der Waals surface area contributed by atoms with Crippen molar-refractivity contribution in [3.8, 4) is 0 Å². The molecule has 1 heterocycles. The monoisotopic (exact) mass is 415 g/mol. The van der Waals surface area contributed by atoms with Gasteiger partial charge in [-0.2, -0.15) is 5.10 Å². The van der Waals surface area contributed by atoms with Crippen LogP contribution in [0.2, 0.25) is 0 Å². The van der Waals surface area contributed by atoms with Gasteiger partial charge in [0.1, 0.15) is 5.82 Å². The normalized spacial score (nSPS) is 12.7. The van der Waals surface area contributed by atoms with Gasteiger partial charge in [-0.1, -0.05) is 44.2 Å². The van der Waals surface area contributed by atoms with Gasteiger partial charge in [0.25, 0.3) is 10.0 Å². The SMILES string of the molecule is CCC(C)c1ccc(S(=O)(=O)Nc2c(C)nn(Cc3ccccc3F)c2C)cc1. The Hall–Kier alpha value is -2.67. The molecule has 1 unspecified atom stereocenters. The lowest BCUT2D eigenvalue weighted by atomic mass is 9.99. The molecule has 1 atom stereocenters. The zero-order valence-corrected chi connectivity index (χ0v) is 17.9. The maximum Gasteiger partial charge on any atom is 0.262 e. The van der Waals surface area contributed by atoms with Crippen LogP contribution in [-0.2, 0) is 16.6 Å². The molecule has 0 amide bonds. The summed E-state index contributed by atoms with van der Waals surface area (Å²) in [5.74, 6) is 0.0596. The number of aromatic nitrogens is 2. The fourth-order valence-corrected chi connectivity index (χ4v) is 4.37. The third kappa shape index (κ3) is 4.50. The molecule has 0 fully saturated rings. The van der Waals surface area contributed by atoms with E-state index < -0.39 is 10.0 Å². The van der Waals surface area contributed by atoms with Crippen LogP contribution in [0.4, 0.5) is 10.1 Å². The van der Waals surface area contributed by atoms with E-state index in [0.29, 0.717) is 28.6 Å². The van der Waals surface area contributed by atoms with Gasteiger partial charge in [0.15, 0.2) is 0 Å². The third-order valence-corrected chi connectivity index (χ3v) is 6.63. The summed E-state index contributed by atoms with van der Waals surface area (Å²) in [4.78, 5) is 0.199. The van der Waals surface area contributed by atoms with E-state index in [-0.39, 0.29) is 17.3 Å². The zero-order chi connectivity index (χ0) is 21.2. The predicted octanol–water partition coefficient (Wildman–Crippen LogP) is 5.00. The van der Waals surface area contributed by atoms with E-state index in [9.17, 15) is 12.8 Å². The second-order valence-electron chi connectivity index (χ2n) is 7.28. The van der Waals surface area contributed by atoms with E-state index in [0.717, 1.165) is 12.0 Å². The first-order valence-electron chi connectivity index (χ1n) is 9.63. The highest BCUT2D eigenvalue weighted by molar-refractivity contribution is 7.92. The summed E-state index contributed by atoms with van der Waals surface area (Å²) in [5, 5.41) is 4.40. The Balaban J connectivity index is 1.86. The molecule has 7 heteroatoms. The topological polar surface area (TPSA) is 64.0 Å². The Kier molecular flexibility index (Phi) is 6.07. The number of hydrogen-bond donors (Lipinski definition) is 1. The summed E-state index contributed by atoms with van der Waals surface area (Å²) in [6.45, 7) is 7.93. The van der Waals surface area contributed by atoms with Crippen LogP contribution in [0.3, 0.4) is 0 Å². The van der Waals surface area contributed by atoms with Crippen LogP contribution in [0.1, 0.15) is 48.7 Å². The van der Waals surface area contributed by atoms with Crippen molar-refractivity contribution in [1.29, 1.82) is 0 Å². The highest BCUT2D eigenvalue weighted by Gasteiger charge is 2.20. The molecule has 5 nitrogen and oxygen atoms in total. The Morgan fingerprint density at radius 2 is 1.76 bits per heavy atom. The third-order valence-electron chi connectivity index (χ3n) is 5.27. The number of benzene rings is 2. The number of nitrogens with zero attached hydrogens (tertiary/aromatic N) is 2. The van der Waals surface area contributed by atoms with Gasteiger partial charge in [0, 0.05) is 5.56 Å². The van der Waals surface area contributed by atoms with Crippen LogP contribution < -0.4 is 4.72 Å². The van der Waals surface area contributed by atoms with E-state index in [1.54, 1.807) is 48.9 Å². The van der Waals surface area contributed by atoms with Crippen molar-refractivity contribution in [3.05, 3.63) is 76.9 Å². The fourth-order valence-electron chi connectivity index (χ4n) is 3.19. The van der Waals surface area contributed by atoms with Crippen LogP contribution in [0.5, 0.6) is 0 Å². The molecule has 3 aromatic rings. The molecule has 1 N–H and O–H groups in total. The van der Waals surface area contributed by atoms with E-state index in [2.05, 4.69) is 23.7 Å². The summed E-state index contributed by atoms with van der Waals surface area (Å²) in [6, 6.07) is 13.4. The highest BCUT2D eigenvalue weighted by Crippen LogP contribution is 2.26. The molecule has 0 saturated carbocycles. The number of rotatable bonds is 7. The van der Waals surface area contributed by atoms with Crippen molar-refractivity contribution in [3.63, 3.8) is 0 Å². The second kappa shape index (κ2) is 8.37. The molecule has 1 aromatic heterocycles. The maximum atomic E-state index is 14.0. The predicted molar refractivity (Wildman–Crippen MR) is 113 cm³/mol. The summed E-state index contributed by atoms with van der Waals surface area (Å²) in [7, 11) is -3.75. The Labute approximate surface area is 171 Å². The zero-order valence-electron chi connectivity index (χ0n) is 17.1. The van der Waals surface area contributed by atoms with Gasteiger partial charge in [-0.15, -0.1) is 0 Å². The molecule has 29 heavy (non-hydrogen) atoms. The quantitative estimate of drug-likeness (QED) is 0.590. The molecule has 0 saturated heterocycles. The molecular weight excluding hydrogens is 389 g/mol. The minimum atomic E-state index is -3.75. The molecule has 0 aliphatic heterocycles. The van der Waals surface area contributed by atoms with Gasteiger partial charge >= 0.3 is 0 Å². The summed E-state index contributed by atoms with van der Waals surface area (Å²) in [5.41, 5.74) is 3.20. The van der Waals surface area contributed by atoms with E-state index in [4.69, 9.17) is 0 Å². The van der Waals surface area contributed by atoms with E-state index >= 15 is 0 Å². The number of nitrogens with one attached hydrogen (secondary N) is 1. The second-order valence-corrected chi connectivity index (χ2v) is 8.96. The first-order valence-corrected chi connectivity index (χ1v) is 11.1. The van der Waals surface area contributed by atoms with Gasteiger partial charge in [-0.25, -0.2) is 12.8 Å². The fraction of sp³-hybridized carbons (Fsp3) is 0.318. The first-order chi connectivity index (χ1) is 13.7. The van der Waals surface area contributed by atoms with Crippen LogP contribution in [0.15, 0.2) is 53.4 Å². The number of halogens is 1. The van der Waals surface area contributed by atoms with Gasteiger partial charge in [-0.3, -0.25) is 9.40 Å². The first kappa shape index (κ1) is 21.0. The Morgan fingerprint density at radius 3 is 2.38 bits per heavy atom. The van der Waals surface area contributed by atoms with Crippen LogP contribution in [-0.4, -0.2) is 18.2 Å². The summed E-state index contributed by atoms with van der Waals surface area (Å²) >= 11 is 0. The average Bonchev–Trinajstić information content (AvgIpc) is 2.96. The van der Waals surface area contributed by atoms with Crippen molar-refractivity contribution < 1.29 is 12.8 Å². The lowest BCUT2D eigenvalue weighted by Gasteiger charge is -2.12. The number of aryl methyl sites for hydroxylation is 1. The lowest BCUT2D eigenvalue weighted by molar-refractivity contribution is 0.579. The summed E-state index contributed by atoms with van der Waals surface area (Å²) < 4.78 is 44.0. The molecule has 0 bridgehead atoms. The summed E-state index contributed by atoms with van der Waals surface area (Å²) in [6.07, 6.45) is 0.990. The molecule has 0 radical (unpaired) electrons. The molecule has 154 valence electrons. The van der Waals surface area contributed by atoms with E-state index in [1.807, 2.05) is 12.1 Å². The number of hydrogen-bond acceptors (Lipinski definition) is 3. The Bertz CT molecular complexity index is 1110. The number of anilines is 1. The minimum absolute atomic E-state index is 0.199. The minimum Gasteiger partial charge on any atom is -0.276 e. The van der Waals surface area contributed by atoms with Gasteiger partial charge in [0.05, 0.1) is 28.5 Å².